The van der Waals surface area contributed by atoms with Crippen LogP contribution in [0.5, 0.6) is 0 Å². The summed E-state index contributed by atoms with van der Waals surface area (Å²) in [6, 6.07) is 0. The van der Waals surface area contributed by atoms with Gasteiger partial charge in [-0.15, -0.1) is 0 Å². The van der Waals surface area contributed by atoms with Gasteiger partial charge in [0.05, 0.1) is 6.61 Å². The molecule has 1 unspecified atom stereocenters. The van der Waals surface area contributed by atoms with Crippen LogP contribution in [-0.2, 0) is 9.09 Å². The lowest BCUT2D eigenvalue weighted by Crippen LogP contribution is -2.23. The third-order valence-corrected chi connectivity index (χ3v) is 3.96. The third-order valence-electron chi connectivity index (χ3n) is 2.33. The molecule has 0 heterocycles. The van der Waals surface area contributed by atoms with Crippen LogP contribution in [-0.4, -0.2) is 29.3 Å². The molecule has 4 nitrogen and oxygen atoms in total. The molecule has 0 radical (unpaired) electrons. The predicted molar refractivity (Wildman–Crippen MR) is 67.5 cm³/mol. The maximum Gasteiger partial charge on any atom is 0.405 e. The van der Waals surface area contributed by atoms with Gasteiger partial charge in [0, 0.05) is 13.1 Å². The minimum atomic E-state index is -3.54. The molecule has 0 aliphatic carbocycles. The van der Waals surface area contributed by atoms with Crippen molar-refractivity contribution in [2.24, 2.45) is 0 Å². The van der Waals surface area contributed by atoms with Gasteiger partial charge in [-0.3, -0.25) is 4.52 Å². The van der Waals surface area contributed by atoms with Gasteiger partial charge in [-0.1, -0.05) is 33.6 Å². The number of nitrogens with zero attached hydrogens (tertiary/aromatic N) is 1. The second-order valence-electron chi connectivity index (χ2n) is 3.98. The van der Waals surface area contributed by atoms with Crippen molar-refractivity contribution in [3.63, 3.8) is 0 Å². The van der Waals surface area contributed by atoms with Crippen LogP contribution >= 0.6 is 7.75 Å². The first-order valence-electron chi connectivity index (χ1n) is 6.31. The van der Waals surface area contributed by atoms with Gasteiger partial charge in [-0.05, 0) is 19.3 Å². The van der Waals surface area contributed by atoms with Crippen LogP contribution in [0.3, 0.4) is 0 Å². The van der Waals surface area contributed by atoms with Crippen molar-refractivity contribution in [3.05, 3.63) is 0 Å². The van der Waals surface area contributed by atoms with E-state index in [1.165, 1.54) is 0 Å². The first kappa shape index (κ1) is 16.1. The lowest BCUT2D eigenvalue weighted by Gasteiger charge is -2.25. The van der Waals surface area contributed by atoms with Crippen LogP contribution in [0.1, 0.15) is 52.9 Å². The smallest absolute Gasteiger partial charge is 0.312 e. The molecular formula is C11H26NO3P. The molecule has 0 aromatic heterocycles. The summed E-state index contributed by atoms with van der Waals surface area (Å²) in [5.74, 6) is 0. The molecule has 98 valence electrons. The molecule has 0 bridgehead atoms. The van der Waals surface area contributed by atoms with Gasteiger partial charge >= 0.3 is 7.75 Å². The van der Waals surface area contributed by atoms with Gasteiger partial charge in [-0.2, -0.15) is 0 Å². The quantitative estimate of drug-likeness (QED) is 0.477. The SMILES string of the molecule is CCCCCOP(=O)(O)N(CCC)CCC. The van der Waals surface area contributed by atoms with E-state index in [0.717, 1.165) is 32.1 Å². The third kappa shape index (κ3) is 6.64. The molecule has 0 saturated carbocycles. The van der Waals surface area contributed by atoms with Crippen molar-refractivity contribution in [2.75, 3.05) is 19.7 Å². The summed E-state index contributed by atoms with van der Waals surface area (Å²) >= 11 is 0. The Kier molecular flexibility index (Phi) is 9.24. The summed E-state index contributed by atoms with van der Waals surface area (Å²) in [5, 5.41) is 0. The molecule has 0 amide bonds. The summed E-state index contributed by atoms with van der Waals surface area (Å²) in [4.78, 5) is 9.80. The molecule has 1 N–H and O–H groups in total. The highest BCUT2D eigenvalue weighted by Crippen LogP contribution is 2.46. The highest BCUT2D eigenvalue weighted by atomic mass is 31.2. The van der Waals surface area contributed by atoms with E-state index in [1.807, 2.05) is 13.8 Å². The number of rotatable bonds is 10. The average molecular weight is 251 g/mol. The van der Waals surface area contributed by atoms with Crippen LogP contribution in [0.15, 0.2) is 0 Å². The van der Waals surface area contributed by atoms with E-state index in [0.29, 0.717) is 19.7 Å². The Hall–Kier alpha value is 0.110. The molecule has 0 aromatic rings. The van der Waals surface area contributed by atoms with E-state index in [1.54, 1.807) is 4.67 Å². The summed E-state index contributed by atoms with van der Waals surface area (Å²) in [6.45, 7) is 7.72. The molecule has 5 heteroatoms. The zero-order valence-corrected chi connectivity index (χ0v) is 11.7. The molecule has 0 saturated heterocycles. The average Bonchev–Trinajstić information content (AvgIpc) is 2.24. The maximum atomic E-state index is 11.9. The molecule has 0 aliphatic rings. The zero-order valence-electron chi connectivity index (χ0n) is 10.8. The summed E-state index contributed by atoms with van der Waals surface area (Å²) in [5.41, 5.74) is 0. The fourth-order valence-electron chi connectivity index (χ4n) is 1.50. The van der Waals surface area contributed by atoms with Gasteiger partial charge in [0.15, 0.2) is 0 Å². The van der Waals surface area contributed by atoms with Crippen molar-refractivity contribution in [2.45, 2.75) is 52.9 Å². The Morgan fingerprint density at radius 3 is 2.06 bits per heavy atom. The second-order valence-corrected chi connectivity index (χ2v) is 5.79. The van der Waals surface area contributed by atoms with E-state index >= 15 is 0 Å². The highest BCUT2D eigenvalue weighted by molar-refractivity contribution is 7.50. The van der Waals surface area contributed by atoms with Gasteiger partial charge in [0.2, 0.25) is 0 Å². The highest BCUT2D eigenvalue weighted by Gasteiger charge is 2.27. The van der Waals surface area contributed by atoms with Crippen LogP contribution < -0.4 is 0 Å². The molecule has 16 heavy (non-hydrogen) atoms. The first-order chi connectivity index (χ1) is 7.58. The van der Waals surface area contributed by atoms with E-state index in [2.05, 4.69) is 6.92 Å². The minimum absolute atomic E-state index is 0.381. The second kappa shape index (κ2) is 9.17. The van der Waals surface area contributed by atoms with Crippen molar-refractivity contribution in [3.8, 4) is 0 Å². The van der Waals surface area contributed by atoms with E-state index in [-0.39, 0.29) is 0 Å². The van der Waals surface area contributed by atoms with Crippen molar-refractivity contribution < 1.29 is 14.0 Å². The number of hydrogen-bond donors (Lipinski definition) is 1. The fraction of sp³-hybridized carbons (Fsp3) is 1.00. The molecule has 0 spiro atoms. The molecule has 0 aliphatic heterocycles. The summed E-state index contributed by atoms with van der Waals surface area (Å²) in [6.07, 6.45) is 4.72. The van der Waals surface area contributed by atoms with E-state index < -0.39 is 7.75 Å². The number of hydrogen-bond acceptors (Lipinski definition) is 2. The maximum absolute atomic E-state index is 11.9. The Morgan fingerprint density at radius 1 is 1.06 bits per heavy atom. The lowest BCUT2D eigenvalue weighted by atomic mass is 10.3. The van der Waals surface area contributed by atoms with Gasteiger partial charge in [0.25, 0.3) is 0 Å². The van der Waals surface area contributed by atoms with E-state index in [4.69, 9.17) is 4.52 Å². The zero-order chi connectivity index (χ0) is 12.4. The molecule has 0 aromatic carbocycles. The topological polar surface area (TPSA) is 49.8 Å². The first-order valence-corrected chi connectivity index (χ1v) is 7.84. The Balaban J connectivity index is 4.07. The van der Waals surface area contributed by atoms with E-state index in [9.17, 15) is 9.46 Å². The van der Waals surface area contributed by atoms with Gasteiger partial charge < -0.3 is 4.89 Å². The van der Waals surface area contributed by atoms with Crippen LogP contribution in [0.25, 0.3) is 0 Å². The largest absolute Gasteiger partial charge is 0.405 e. The lowest BCUT2D eigenvalue weighted by molar-refractivity contribution is 0.197. The fourth-order valence-corrected chi connectivity index (χ4v) is 2.93. The van der Waals surface area contributed by atoms with Crippen molar-refractivity contribution in [1.82, 2.24) is 4.67 Å². The van der Waals surface area contributed by atoms with Crippen molar-refractivity contribution >= 4 is 7.75 Å². The summed E-state index contributed by atoms with van der Waals surface area (Å²) < 4.78 is 18.6. The van der Waals surface area contributed by atoms with Crippen LogP contribution in [0.2, 0.25) is 0 Å². The van der Waals surface area contributed by atoms with Crippen molar-refractivity contribution in [1.29, 1.82) is 0 Å². The molecule has 1 atom stereocenters. The minimum Gasteiger partial charge on any atom is -0.312 e. The molecule has 0 rings (SSSR count). The summed E-state index contributed by atoms with van der Waals surface area (Å²) in [7, 11) is -3.54. The number of unbranched alkanes of at least 4 members (excludes halogenated alkanes) is 2. The Morgan fingerprint density at radius 2 is 1.62 bits per heavy atom. The Labute approximate surface area is 99.6 Å². The Bertz CT molecular complexity index is 205. The van der Waals surface area contributed by atoms with Gasteiger partial charge in [-0.25, -0.2) is 9.24 Å². The van der Waals surface area contributed by atoms with Crippen LogP contribution in [0, 0.1) is 0 Å². The monoisotopic (exact) mass is 251 g/mol. The van der Waals surface area contributed by atoms with Gasteiger partial charge in [0.1, 0.15) is 0 Å². The molecule has 0 fully saturated rings. The standard InChI is InChI=1S/C11H26NO3P/c1-4-7-8-11-15-16(13,14)12(9-5-2)10-6-3/h4-11H2,1-3H3,(H,13,14). The predicted octanol–water partition coefficient (Wildman–Crippen LogP) is 3.42. The van der Waals surface area contributed by atoms with Crippen LogP contribution in [0.4, 0.5) is 0 Å². The molecular weight excluding hydrogens is 225 g/mol. The normalized spacial score (nSPS) is 15.3.